The molecule has 7 aromatic rings. The van der Waals surface area contributed by atoms with Crippen LogP contribution in [0.25, 0.3) is 39.0 Å². The first kappa shape index (κ1) is 22.7. The van der Waals surface area contributed by atoms with Crippen molar-refractivity contribution in [2.75, 3.05) is 16.5 Å². The molecule has 0 saturated carbocycles. The van der Waals surface area contributed by atoms with Gasteiger partial charge in [0.1, 0.15) is 11.2 Å². The minimum atomic E-state index is 0.575. The molecule has 0 bridgehead atoms. The van der Waals surface area contributed by atoms with Crippen LogP contribution in [0.3, 0.4) is 0 Å². The zero-order valence-corrected chi connectivity index (χ0v) is 21.1. The van der Waals surface area contributed by atoms with Gasteiger partial charge in [-0.15, -0.1) is 0 Å². The number of nitrogen functional groups attached to an aromatic ring is 2. The van der Waals surface area contributed by atoms with Crippen molar-refractivity contribution in [2.45, 2.75) is 0 Å². The third-order valence-corrected chi connectivity index (χ3v) is 7.09. The van der Waals surface area contributed by atoms with E-state index in [2.05, 4.69) is 67.8 Å². The van der Waals surface area contributed by atoms with Crippen molar-refractivity contribution in [3.05, 3.63) is 134 Å². The number of aromatic nitrogens is 3. The van der Waals surface area contributed by atoms with Gasteiger partial charge in [0, 0.05) is 17.3 Å². The molecule has 0 spiro atoms. The van der Waals surface area contributed by atoms with Crippen LogP contribution in [0.1, 0.15) is 0 Å². The summed E-state index contributed by atoms with van der Waals surface area (Å²) in [6.45, 7) is 0. The Morgan fingerprint density at radius 3 is 1.77 bits per heavy atom. The number of para-hydroxylation sites is 4. The van der Waals surface area contributed by atoms with Crippen LogP contribution >= 0.6 is 0 Å². The Balaban J connectivity index is 1.66. The number of fused-ring (bicyclic) bond motifs is 2. The maximum absolute atomic E-state index is 7.07. The van der Waals surface area contributed by atoms with E-state index in [4.69, 9.17) is 11.5 Å². The lowest BCUT2D eigenvalue weighted by molar-refractivity contribution is 0.856. The summed E-state index contributed by atoms with van der Waals surface area (Å²) in [5.41, 5.74) is 22.4. The van der Waals surface area contributed by atoms with E-state index in [9.17, 15) is 0 Å². The number of rotatable bonds is 5. The summed E-state index contributed by atoms with van der Waals surface area (Å²) in [5.74, 6) is 0. The molecular formula is C33H26N6. The van der Waals surface area contributed by atoms with Crippen LogP contribution in [-0.2, 0) is 0 Å². The smallest absolute Gasteiger partial charge is 0.114 e. The van der Waals surface area contributed by atoms with Gasteiger partial charge in [0.25, 0.3) is 0 Å². The van der Waals surface area contributed by atoms with Gasteiger partial charge in [-0.1, -0.05) is 72.8 Å². The van der Waals surface area contributed by atoms with E-state index < -0.39 is 0 Å². The monoisotopic (exact) mass is 506 g/mol. The lowest BCUT2D eigenvalue weighted by atomic mass is 10.2. The molecule has 0 aliphatic rings. The van der Waals surface area contributed by atoms with E-state index >= 15 is 0 Å². The summed E-state index contributed by atoms with van der Waals surface area (Å²) in [6, 6.07) is 43.0. The fourth-order valence-electron chi connectivity index (χ4n) is 5.42. The molecule has 0 radical (unpaired) electrons. The minimum absolute atomic E-state index is 0.575. The van der Waals surface area contributed by atoms with Gasteiger partial charge in [-0.3, -0.25) is 4.98 Å². The molecule has 7 rings (SSSR count). The Kier molecular flexibility index (Phi) is 5.30. The second-order valence-corrected chi connectivity index (χ2v) is 9.38. The van der Waals surface area contributed by atoms with Gasteiger partial charge in [0.15, 0.2) is 0 Å². The van der Waals surface area contributed by atoms with Crippen LogP contribution in [0, 0.1) is 0 Å². The normalized spacial score (nSPS) is 11.3. The second-order valence-electron chi connectivity index (χ2n) is 9.38. The average Bonchev–Trinajstić information content (AvgIpc) is 3.45. The Bertz CT molecular complexity index is 1880. The largest absolute Gasteiger partial charge is 0.396 e. The van der Waals surface area contributed by atoms with Crippen LogP contribution < -0.4 is 16.5 Å². The van der Waals surface area contributed by atoms with Crippen LogP contribution in [0.2, 0.25) is 0 Å². The minimum Gasteiger partial charge on any atom is -0.396 e. The van der Waals surface area contributed by atoms with E-state index in [1.807, 2.05) is 78.9 Å². The molecule has 0 atom stereocenters. The quantitative estimate of drug-likeness (QED) is 0.255. The maximum Gasteiger partial charge on any atom is 0.114 e. The standard InChI is InChI=1S/C33H26N6/c34-29-26-19-10-11-20-27(26)39(38(24-15-6-2-7-16-24)25-17-8-3-9-18-25)33(29)32-30(35)31-28(21-12-22-36-31)37(32)23-13-4-1-5-14-23/h1-22H,34-35H2. The second kappa shape index (κ2) is 9.11. The van der Waals surface area contributed by atoms with E-state index in [1.165, 1.54) is 0 Å². The molecule has 0 aliphatic heterocycles. The summed E-state index contributed by atoms with van der Waals surface area (Å²) in [5, 5.41) is 3.13. The topological polar surface area (TPSA) is 78.0 Å². The Labute approximate surface area is 225 Å². The molecule has 3 heterocycles. The van der Waals surface area contributed by atoms with E-state index in [-0.39, 0.29) is 0 Å². The van der Waals surface area contributed by atoms with Crippen molar-refractivity contribution >= 4 is 44.7 Å². The molecule has 0 unspecified atom stereocenters. The zero-order valence-electron chi connectivity index (χ0n) is 21.1. The van der Waals surface area contributed by atoms with Gasteiger partial charge in [-0.25, -0.2) is 9.69 Å². The predicted octanol–water partition coefficient (Wildman–Crippen LogP) is 7.41. The highest BCUT2D eigenvalue weighted by Crippen LogP contribution is 2.45. The van der Waals surface area contributed by atoms with Gasteiger partial charge in [-0.2, -0.15) is 0 Å². The van der Waals surface area contributed by atoms with Crippen LogP contribution in [0.15, 0.2) is 134 Å². The van der Waals surface area contributed by atoms with Crippen LogP contribution in [-0.4, -0.2) is 14.2 Å². The van der Waals surface area contributed by atoms with Gasteiger partial charge in [-0.05, 0) is 54.6 Å². The SMILES string of the molecule is Nc1c(-c2c(N)c3ncccc3n2-c2ccccc2)n(N(c2ccccc2)c2ccccc2)c2ccccc12. The third kappa shape index (κ3) is 3.54. The summed E-state index contributed by atoms with van der Waals surface area (Å²) in [7, 11) is 0. The molecule has 0 fully saturated rings. The molecule has 3 aromatic heterocycles. The zero-order chi connectivity index (χ0) is 26.3. The lowest BCUT2D eigenvalue weighted by Crippen LogP contribution is -2.25. The van der Waals surface area contributed by atoms with E-state index in [0.29, 0.717) is 11.4 Å². The van der Waals surface area contributed by atoms with Crippen molar-refractivity contribution in [3.63, 3.8) is 0 Å². The first-order valence-corrected chi connectivity index (χ1v) is 12.8. The van der Waals surface area contributed by atoms with E-state index in [1.54, 1.807) is 6.20 Å². The third-order valence-electron chi connectivity index (χ3n) is 7.09. The molecule has 4 aromatic carbocycles. The maximum atomic E-state index is 7.07. The molecular weight excluding hydrogens is 480 g/mol. The van der Waals surface area contributed by atoms with Crippen molar-refractivity contribution in [1.82, 2.24) is 14.2 Å². The number of pyridine rings is 1. The van der Waals surface area contributed by atoms with Crippen molar-refractivity contribution < 1.29 is 0 Å². The van der Waals surface area contributed by atoms with E-state index in [0.717, 1.165) is 50.4 Å². The highest BCUT2D eigenvalue weighted by atomic mass is 15.6. The summed E-state index contributed by atoms with van der Waals surface area (Å²) in [6.07, 6.45) is 1.77. The van der Waals surface area contributed by atoms with Crippen molar-refractivity contribution in [1.29, 1.82) is 0 Å². The van der Waals surface area contributed by atoms with Gasteiger partial charge >= 0.3 is 0 Å². The van der Waals surface area contributed by atoms with Crippen molar-refractivity contribution in [2.24, 2.45) is 0 Å². The fraction of sp³-hybridized carbons (Fsp3) is 0. The van der Waals surface area contributed by atoms with Gasteiger partial charge in [0.2, 0.25) is 0 Å². The highest BCUT2D eigenvalue weighted by Gasteiger charge is 2.29. The first-order valence-electron chi connectivity index (χ1n) is 12.8. The first-order chi connectivity index (χ1) is 19.2. The fourth-order valence-corrected chi connectivity index (χ4v) is 5.42. The summed E-state index contributed by atoms with van der Waals surface area (Å²) in [4.78, 5) is 4.68. The van der Waals surface area contributed by atoms with Crippen molar-refractivity contribution in [3.8, 4) is 17.1 Å². The Hall–Kier alpha value is -5.49. The van der Waals surface area contributed by atoms with Crippen LogP contribution in [0.4, 0.5) is 22.7 Å². The van der Waals surface area contributed by atoms with Gasteiger partial charge < -0.3 is 16.0 Å². The number of nitrogens with two attached hydrogens (primary N) is 2. The molecule has 0 saturated heterocycles. The molecule has 188 valence electrons. The number of hydrogen-bond donors (Lipinski definition) is 2. The molecule has 6 nitrogen and oxygen atoms in total. The molecule has 4 N–H and O–H groups in total. The molecule has 6 heteroatoms. The molecule has 0 aliphatic carbocycles. The lowest BCUT2D eigenvalue weighted by Gasteiger charge is -2.29. The predicted molar refractivity (Wildman–Crippen MR) is 161 cm³/mol. The average molecular weight is 507 g/mol. The molecule has 0 amide bonds. The number of benzene rings is 4. The summed E-state index contributed by atoms with van der Waals surface area (Å²) >= 11 is 0. The van der Waals surface area contributed by atoms with Gasteiger partial charge in [0.05, 0.1) is 39.5 Å². The Morgan fingerprint density at radius 2 is 1.10 bits per heavy atom. The summed E-state index contributed by atoms with van der Waals surface area (Å²) < 4.78 is 4.34. The van der Waals surface area contributed by atoms with Crippen LogP contribution in [0.5, 0.6) is 0 Å². The molecule has 39 heavy (non-hydrogen) atoms. The number of nitrogens with zero attached hydrogens (tertiary/aromatic N) is 4. The Morgan fingerprint density at radius 1 is 0.538 bits per heavy atom. The highest BCUT2D eigenvalue weighted by molar-refractivity contribution is 6.08. The number of anilines is 4. The number of hydrogen-bond acceptors (Lipinski definition) is 4.